The Morgan fingerprint density at radius 3 is 2.65 bits per heavy atom. The number of nitrogens with one attached hydrogen (secondary N) is 3. The van der Waals surface area contributed by atoms with Crippen LogP contribution in [-0.4, -0.2) is 30.8 Å². The molecule has 1 aromatic carbocycles. The third-order valence-electron chi connectivity index (χ3n) is 3.32. The molecule has 132 valence electrons. The van der Waals surface area contributed by atoms with E-state index in [0.717, 1.165) is 23.0 Å². The molecule has 0 atom stereocenters. The fourth-order valence-corrected chi connectivity index (χ4v) is 2.43. The van der Waals surface area contributed by atoms with Gasteiger partial charge in [0.15, 0.2) is 4.77 Å². The predicted molar refractivity (Wildman–Crippen MR) is 93.8 cm³/mol. The van der Waals surface area contributed by atoms with E-state index in [2.05, 4.69) is 15.0 Å². The molecule has 0 aliphatic heterocycles. The lowest BCUT2D eigenvalue weighted by Gasteiger charge is -2.11. The molecule has 3 rings (SSSR count). The van der Waals surface area contributed by atoms with Gasteiger partial charge in [0.2, 0.25) is 5.88 Å². The quantitative estimate of drug-likeness (QED) is 0.398. The summed E-state index contributed by atoms with van der Waals surface area (Å²) in [5.41, 5.74) is -2.57. The molecule has 0 fully saturated rings. The summed E-state index contributed by atoms with van der Waals surface area (Å²) in [6.45, 7) is 0. The molecule has 4 N–H and O–H groups in total. The van der Waals surface area contributed by atoms with E-state index in [1.165, 1.54) is 18.2 Å². The molecule has 0 radical (unpaired) electrons. The van der Waals surface area contributed by atoms with Crippen molar-refractivity contribution >= 4 is 24.1 Å². The molecular formula is C15H10FN5O4S. The van der Waals surface area contributed by atoms with Gasteiger partial charge in [-0.3, -0.25) is 24.1 Å². The smallest absolute Gasteiger partial charge is 0.325 e. The number of hydrogen-bond acceptors (Lipinski definition) is 6. The lowest BCUT2D eigenvalue weighted by molar-refractivity contribution is 0.432. The molecule has 0 unspecified atom stereocenters. The highest BCUT2D eigenvalue weighted by Gasteiger charge is 2.13. The number of nitrogens with zero attached hydrogens (tertiary/aromatic N) is 2. The third kappa shape index (κ3) is 3.28. The molecule has 0 amide bonds. The summed E-state index contributed by atoms with van der Waals surface area (Å²) < 4.78 is 14.3. The molecule has 3 aromatic rings. The number of aromatic hydroxyl groups is 1. The number of aromatic amines is 3. The Kier molecular flexibility index (Phi) is 4.45. The van der Waals surface area contributed by atoms with Crippen LogP contribution < -0.4 is 16.8 Å². The maximum absolute atomic E-state index is 13.4. The molecule has 0 spiro atoms. The maximum atomic E-state index is 13.4. The standard InChI is InChI=1S/C15H10FN5O4S/c16-7-2-1-3-8(4-7)21-13(24)9(11(22)20-15(21)26)5-17-10-6-18-14(25)19-12(10)23/h1-6,24H,(H,20,22,26)(H2,18,19,23,25). The van der Waals surface area contributed by atoms with E-state index in [1.807, 2.05) is 4.98 Å². The Morgan fingerprint density at radius 1 is 1.19 bits per heavy atom. The molecule has 9 nitrogen and oxygen atoms in total. The van der Waals surface area contributed by atoms with Crippen molar-refractivity contribution in [3.63, 3.8) is 0 Å². The molecule has 2 aromatic heterocycles. The Balaban J connectivity index is 2.17. The van der Waals surface area contributed by atoms with Gasteiger partial charge in [0, 0.05) is 12.4 Å². The zero-order valence-corrected chi connectivity index (χ0v) is 13.6. The van der Waals surface area contributed by atoms with Crippen LogP contribution in [0.4, 0.5) is 10.1 Å². The van der Waals surface area contributed by atoms with E-state index >= 15 is 0 Å². The Labute approximate surface area is 148 Å². The molecule has 11 heteroatoms. The van der Waals surface area contributed by atoms with Crippen molar-refractivity contribution in [1.82, 2.24) is 19.5 Å². The number of rotatable bonds is 3. The summed E-state index contributed by atoms with van der Waals surface area (Å²) in [5, 5.41) is 10.4. The summed E-state index contributed by atoms with van der Waals surface area (Å²) in [6, 6.07) is 5.21. The fourth-order valence-electron chi connectivity index (χ4n) is 2.14. The topological polar surface area (TPSA) is 136 Å². The maximum Gasteiger partial charge on any atom is 0.325 e. The minimum atomic E-state index is -0.779. The van der Waals surface area contributed by atoms with Crippen LogP contribution in [0.15, 0.2) is 49.8 Å². The van der Waals surface area contributed by atoms with Gasteiger partial charge >= 0.3 is 5.69 Å². The average Bonchev–Trinajstić information content (AvgIpc) is 2.56. The van der Waals surface area contributed by atoms with Crippen molar-refractivity contribution in [2.75, 3.05) is 0 Å². The minimum absolute atomic E-state index is 0.155. The van der Waals surface area contributed by atoms with Crippen molar-refractivity contribution in [2.24, 2.45) is 4.99 Å². The third-order valence-corrected chi connectivity index (χ3v) is 3.60. The van der Waals surface area contributed by atoms with Gasteiger partial charge < -0.3 is 10.1 Å². The second-order valence-corrected chi connectivity index (χ2v) is 5.41. The Hall–Kier alpha value is -3.60. The minimum Gasteiger partial charge on any atom is -0.494 e. The van der Waals surface area contributed by atoms with Gasteiger partial charge in [0.25, 0.3) is 11.1 Å². The van der Waals surface area contributed by atoms with Gasteiger partial charge in [0.1, 0.15) is 17.1 Å². The highest BCUT2D eigenvalue weighted by Crippen LogP contribution is 2.19. The van der Waals surface area contributed by atoms with Gasteiger partial charge in [-0.2, -0.15) is 0 Å². The number of aliphatic imine (C=N–C) groups is 1. The monoisotopic (exact) mass is 375 g/mol. The van der Waals surface area contributed by atoms with Crippen molar-refractivity contribution in [1.29, 1.82) is 0 Å². The van der Waals surface area contributed by atoms with Crippen LogP contribution in [-0.2, 0) is 0 Å². The fraction of sp³-hybridized carbons (Fsp3) is 0. The molecule has 2 heterocycles. The SMILES string of the molecule is O=c1[nH]cc(N=Cc2c(O)n(-c3cccc(F)c3)c(=S)[nH]c2=O)c(=O)[nH]1. The first-order valence-electron chi connectivity index (χ1n) is 7.07. The molecule has 0 aliphatic carbocycles. The number of benzene rings is 1. The van der Waals surface area contributed by atoms with E-state index < -0.39 is 28.5 Å². The highest BCUT2D eigenvalue weighted by atomic mass is 32.1. The van der Waals surface area contributed by atoms with E-state index in [9.17, 15) is 23.9 Å². The molecule has 0 saturated carbocycles. The summed E-state index contributed by atoms with van der Waals surface area (Å²) in [6.07, 6.45) is 1.98. The van der Waals surface area contributed by atoms with Crippen LogP contribution in [0.25, 0.3) is 5.69 Å². The number of hydrogen-bond donors (Lipinski definition) is 4. The van der Waals surface area contributed by atoms with Crippen LogP contribution >= 0.6 is 12.2 Å². The summed E-state index contributed by atoms with van der Waals surface area (Å²) in [5.74, 6) is -1.15. The van der Waals surface area contributed by atoms with Gasteiger partial charge in [0.05, 0.1) is 5.69 Å². The Morgan fingerprint density at radius 2 is 1.96 bits per heavy atom. The summed E-state index contributed by atoms with van der Waals surface area (Å²) >= 11 is 5.01. The second-order valence-electron chi connectivity index (χ2n) is 5.03. The zero-order chi connectivity index (χ0) is 18.8. The van der Waals surface area contributed by atoms with Crippen LogP contribution in [0.2, 0.25) is 0 Å². The average molecular weight is 375 g/mol. The largest absolute Gasteiger partial charge is 0.494 e. The molecule has 0 bridgehead atoms. The van der Waals surface area contributed by atoms with Crippen molar-refractivity contribution in [3.8, 4) is 11.6 Å². The Bertz CT molecular complexity index is 1250. The molecule has 0 aliphatic rings. The van der Waals surface area contributed by atoms with E-state index in [-0.39, 0.29) is 21.7 Å². The normalized spacial score (nSPS) is 11.1. The predicted octanol–water partition coefficient (Wildman–Crippen LogP) is 0.867. The van der Waals surface area contributed by atoms with Crippen molar-refractivity contribution < 1.29 is 9.50 Å². The van der Waals surface area contributed by atoms with Gasteiger partial charge in [-0.1, -0.05) is 6.07 Å². The summed E-state index contributed by atoms with van der Waals surface area (Å²) in [7, 11) is 0. The van der Waals surface area contributed by atoms with E-state index in [4.69, 9.17) is 12.2 Å². The second kappa shape index (κ2) is 6.72. The number of halogens is 1. The van der Waals surface area contributed by atoms with Crippen LogP contribution in [0, 0.1) is 10.6 Å². The molecule has 26 heavy (non-hydrogen) atoms. The van der Waals surface area contributed by atoms with Gasteiger partial charge in [-0.15, -0.1) is 0 Å². The van der Waals surface area contributed by atoms with E-state index in [1.54, 1.807) is 0 Å². The first kappa shape index (κ1) is 17.2. The first-order chi connectivity index (χ1) is 12.4. The zero-order valence-electron chi connectivity index (χ0n) is 12.8. The summed E-state index contributed by atoms with van der Waals surface area (Å²) in [4.78, 5) is 45.0. The first-order valence-corrected chi connectivity index (χ1v) is 7.48. The lowest BCUT2D eigenvalue weighted by atomic mass is 10.3. The van der Waals surface area contributed by atoms with Gasteiger partial charge in [-0.25, -0.2) is 14.2 Å². The number of H-pyrrole nitrogens is 3. The molecule has 0 saturated heterocycles. The number of aromatic nitrogens is 4. The van der Waals surface area contributed by atoms with Crippen LogP contribution in [0.3, 0.4) is 0 Å². The van der Waals surface area contributed by atoms with Crippen LogP contribution in [0.1, 0.15) is 5.56 Å². The van der Waals surface area contributed by atoms with Crippen molar-refractivity contribution in [2.45, 2.75) is 0 Å². The van der Waals surface area contributed by atoms with Crippen molar-refractivity contribution in [3.05, 3.63) is 77.8 Å². The van der Waals surface area contributed by atoms with E-state index in [0.29, 0.717) is 0 Å². The van der Waals surface area contributed by atoms with Gasteiger partial charge in [-0.05, 0) is 30.4 Å². The molecular weight excluding hydrogens is 365 g/mol. The highest BCUT2D eigenvalue weighted by molar-refractivity contribution is 7.71. The van der Waals surface area contributed by atoms with Crippen LogP contribution in [0.5, 0.6) is 5.88 Å². The lowest BCUT2D eigenvalue weighted by Crippen LogP contribution is -2.21.